The summed E-state index contributed by atoms with van der Waals surface area (Å²) in [5.74, 6) is 0.643. The molecule has 6 heteroatoms. The van der Waals surface area contributed by atoms with Gasteiger partial charge in [-0.1, -0.05) is 6.92 Å². The van der Waals surface area contributed by atoms with Gasteiger partial charge in [-0.05, 0) is 25.2 Å². The third kappa shape index (κ3) is 10.5. The monoisotopic (exact) mass is 220 g/mol. The molecule has 0 bridgehead atoms. The highest BCUT2D eigenvalue weighted by atomic mass is 16.7. The van der Waals surface area contributed by atoms with Crippen molar-refractivity contribution in [1.29, 1.82) is 0 Å². The fourth-order valence-electron chi connectivity index (χ4n) is 1.12. The zero-order valence-electron chi connectivity index (χ0n) is 8.64. The van der Waals surface area contributed by atoms with Gasteiger partial charge in [0.05, 0.1) is 13.2 Å². The highest BCUT2D eigenvalue weighted by molar-refractivity contribution is 5.59. The molecule has 1 atom stereocenters. The van der Waals surface area contributed by atoms with Crippen LogP contribution in [-0.2, 0) is 9.47 Å². The third-order valence-corrected chi connectivity index (χ3v) is 1.89. The second-order valence-electron chi connectivity index (χ2n) is 3.27. The van der Waals surface area contributed by atoms with Gasteiger partial charge in [0.1, 0.15) is 0 Å². The molecule has 2 N–H and O–H groups in total. The van der Waals surface area contributed by atoms with Gasteiger partial charge in [-0.25, -0.2) is 9.59 Å². The zero-order chi connectivity index (χ0) is 11.7. The Morgan fingerprint density at radius 3 is 2.40 bits per heavy atom. The van der Waals surface area contributed by atoms with Crippen molar-refractivity contribution in [2.45, 2.75) is 26.2 Å². The van der Waals surface area contributed by atoms with E-state index in [9.17, 15) is 4.79 Å². The molecule has 0 aromatic rings. The van der Waals surface area contributed by atoms with Gasteiger partial charge in [-0.2, -0.15) is 0 Å². The fraction of sp³-hybridized carbons (Fsp3) is 0.778. The van der Waals surface area contributed by atoms with Gasteiger partial charge in [0, 0.05) is 0 Å². The van der Waals surface area contributed by atoms with Crippen LogP contribution in [0.1, 0.15) is 26.2 Å². The molecule has 0 aliphatic carbocycles. The molecule has 1 aliphatic heterocycles. The van der Waals surface area contributed by atoms with Gasteiger partial charge in [0.15, 0.2) is 0 Å². The summed E-state index contributed by atoms with van der Waals surface area (Å²) in [6.07, 6.45) is 0.682. The number of carbonyl (C=O) groups is 2. The Morgan fingerprint density at radius 2 is 1.80 bits per heavy atom. The first-order valence-corrected chi connectivity index (χ1v) is 4.73. The van der Waals surface area contributed by atoms with Crippen LogP contribution in [0.3, 0.4) is 0 Å². The van der Waals surface area contributed by atoms with Crippen molar-refractivity contribution >= 4 is 12.3 Å². The average molecular weight is 220 g/mol. The number of carboxylic acid groups (broad SMARTS) is 2. The molecule has 1 unspecified atom stereocenters. The topological polar surface area (TPSA) is 93.1 Å². The van der Waals surface area contributed by atoms with E-state index in [1.807, 2.05) is 0 Å². The summed E-state index contributed by atoms with van der Waals surface area (Å²) < 4.78 is 9.52. The molecule has 1 fully saturated rings. The van der Waals surface area contributed by atoms with E-state index in [2.05, 4.69) is 6.92 Å². The summed E-state index contributed by atoms with van der Waals surface area (Å²) >= 11 is 0. The van der Waals surface area contributed by atoms with Crippen molar-refractivity contribution < 1.29 is 29.3 Å². The minimum atomic E-state index is -1.83. The summed E-state index contributed by atoms with van der Waals surface area (Å²) in [7, 11) is 0. The van der Waals surface area contributed by atoms with Crippen LogP contribution in [0.4, 0.5) is 9.59 Å². The lowest BCUT2D eigenvalue weighted by Gasteiger charge is -2.05. The number of hydrogen-bond donors (Lipinski definition) is 2. The zero-order valence-corrected chi connectivity index (χ0v) is 8.64. The van der Waals surface area contributed by atoms with Crippen molar-refractivity contribution in [3.63, 3.8) is 0 Å². The maximum atomic E-state index is 10.7. The van der Waals surface area contributed by atoms with E-state index in [1.165, 1.54) is 0 Å². The molecule has 15 heavy (non-hydrogen) atoms. The van der Waals surface area contributed by atoms with E-state index in [0.717, 1.165) is 19.3 Å². The molecule has 0 saturated carbocycles. The van der Waals surface area contributed by atoms with Crippen LogP contribution >= 0.6 is 0 Å². The van der Waals surface area contributed by atoms with Crippen LogP contribution in [0.2, 0.25) is 0 Å². The van der Waals surface area contributed by atoms with Crippen LogP contribution in [0.15, 0.2) is 0 Å². The van der Waals surface area contributed by atoms with Gasteiger partial charge in [-0.15, -0.1) is 0 Å². The first-order chi connectivity index (χ1) is 7.02. The third-order valence-electron chi connectivity index (χ3n) is 1.89. The van der Waals surface area contributed by atoms with E-state index in [0.29, 0.717) is 19.1 Å². The number of cyclic esters (lactones) is 2. The van der Waals surface area contributed by atoms with Gasteiger partial charge >= 0.3 is 12.3 Å². The Labute approximate surface area is 87.8 Å². The first kappa shape index (κ1) is 13.5. The standard InChI is InChI=1S/C8H14O3.CH2O3/c1-7-3-2-5-10-8(9)11-6-4-7;2-1(3)4/h7H,2-6H2,1H3;(H2,2,3,4). The molecule has 6 nitrogen and oxygen atoms in total. The lowest BCUT2D eigenvalue weighted by atomic mass is 10.0. The van der Waals surface area contributed by atoms with E-state index >= 15 is 0 Å². The van der Waals surface area contributed by atoms with Crippen molar-refractivity contribution in [1.82, 2.24) is 0 Å². The number of hydrogen-bond acceptors (Lipinski definition) is 4. The maximum Gasteiger partial charge on any atom is 0.508 e. The van der Waals surface area contributed by atoms with Gasteiger partial charge in [0.25, 0.3) is 0 Å². The molecule has 0 amide bonds. The minimum absolute atomic E-state index is 0.500. The van der Waals surface area contributed by atoms with E-state index in [-0.39, 0.29) is 0 Å². The molecular weight excluding hydrogens is 204 g/mol. The normalized spacial score (nSPS) is 21.7. The highest BCUT2D eigenvalue weighted by Crippen LogP contribution is 2.12. The lowest BCUT2D eigenvalue weighted by Crippen LogP contribution is -2.07. The number of ether oxygens (including phenoxy) is 2. The van der Waals surface area contributed by atoms with Crippen molar-refractivity contribution in [2.24, 2.45) is 5.92 Å². The molecule has 0 aromatic heterocycles. The van der Waals surface area contributed by atoms with Gasteiger partial charge < -0.3 is 19.7 Å². The van der Waals surface area contributed by atoms with Crippen molar-refractivity contribution in [3.05, 3.63) is 0 Å². The predicted octanol–water partition coefficient (Wildman–Crippen LogP) is 2.18. The summed E-state index contributed by atoms with van der Waals surface area (Å²) in [6.45, 7) is 3.17. The second kappa shape index (κ2) is 7.90. The van der Waals surface area contributed by atoms with Crippen LogP contribution in [-0.4, -0.2) is 35.7 Å². The predicted molar refractivity (Wildman–Crippen MR) is 51.0 cm³/mol. The minimum Gasteiger partial charge on any atom is -0.450 e. The Kier molecular flexibility index (Phi) is 7.13. The molecule has 1 heterocycles. The summed E-state index contributed by atoms with van der Waals surface area (Å²) in [4.78, 5) is 19.2. The first-order valence-electron chi connectivity index (χ1n) is 4.73. The Bertz CT molecular complexity index is 199. The molecule has 1 aliphatic rings. The van der Waals surface area contributed by atoms with E-state index in [1.54, 1.807) is 0 Å². The smallest absolute Gasteiger partial charge is 0.450 e. The Hall–Kier alpha value is -1.46. The number of carbonyl (C=O) groups excluding carboxylic acids is 1. The highest BCUT2D eigenvalue weighted by Gasteiger charge is 2.09. The van der Waals surface area contributed by atoms with Crippen LogP contribution < -0.4 is 0 Å². The second-order valence-corrected chi connectivity index (χ2v) is 3.27. The van der Waals surface area contributed by atoms with E-state index < -0.39 is 12.3 Å². The molecule has 88 valence electrons. The molecular formula is C9H16O6. The molecule has 1 rings (SSSR count). The lowest BCUT2D eigenvalue weighted by molar-refractivity contribution is 0.0574. The van der Waals surface area contributed by atoms with E-state index in [4.69, 9.17) is 24.5 Å². The molecule has 0 spiro atoms. The number of rotatable bonds is 0. The average Bonchev–Trinajstić information content (AvgIpc) is 2.18. The van der Waals surface area contributed by atoms with Crippen LogP contribution in [0.25, 0.3) is 0 Å². The maximum absolute atomic E-state index is 10.7. The molecule has 0 radical (unpaired) electrons. The van der Waals surface area contributed by atoms with Crippen LogP contribution in [0, 0.1) is 5.92 Å². The Morgan fingerprint density at radius 1 is 1.27 bits per heavy atom. The summed E-state index contributed by atoms with van der Waals surface area (Å²) in [6, 6.07) is 0. The van der Waals surface area contributed by atoms with Crippen LogP contribution in [0.5, 0.6) is 0 Å². The SMILES string of the molecule is CC1CCCOC(=O)OCC1.O=C(O)O. The largest absolute Gasteiger partial charge is 0.508 e. The van der Waals surface area contributed by atoms with Gasteiger partial charge in [-0.3, -0.25) is 0 Å². The molecule has 0 aromatic carbocycles. The summed E-state index contributed by atoms with van der Waals surface area (Å²) in [5, 5.41) is 13.9. The van der Waals surface area contributed by atoms with Crippen molar-refractivity contribution in [2.75, 3.05) is 13.2 Å². The fourth-order valence-corrected chi connectivity index (χ4v) is 1.12. The molecule has 1 saturated heterocycles. The van der Waals surface area contributed by atoms with Gasteiger partial charge in [0.2, 0.25) is 0 Å². The quantitative estimate of drug-likeness (QED) is 0.608. The summed E-state index contributed by atoms with van der Waals surface area (Å²) in [5.41, 5.74) is 0. The Balaban J connectivity index is 0.000000423. The van der Waals surface area contributed by atoms with Crippen molar-refractivity contribution in [3.8, 4) is 0 Å².